The Kier molecular flexibility index (Phi) is 17.7. The van der Waals surface area contributed by atoms with Crippen molar-refractivity contribution in [2.24, 2.45) is 0 Å². The number of rotatable bonds is 13. The van der Waals surface area contributed by atoms with Crippen LogP contribution in [0.1, 0.15) is 78.1 Å². The summed E-state index contributed by atoms with van der Waals surface area (Å²) in [6, 6.07) is 0. The molecule has 0 rings (SSSR count). The number of unbranched alkanes of at least 4 members (excludes halogenated alkanes) is 8. The molecule has 0 saturated heterocycles. The molecule has 0 heterocycles. The first kappa shape index (κ1) is 22.1. The van der Waals surface area contributed by atoms with Crippen molar-refractivity contribution in [2.75, 3.05) is 12.8 Å². The molecule has 0 amide bonds. The molecular weight excluding hydrogens is 343 g/mol. The van der Waals surface area contributed by atoms with E-state index in [9.17, 15) is 9.46 Å². The Bertz CT molecular complexity index is 225. The maximum atomic E-state index is 11.7. The molecular formula is C14H31MoO3P. The minimum Gasteiger partial charge on any atom is -0.324 e. The van der Waals surface area contributed by atoms with E-state index in [1.165, 1.54) is 32.1 Å². The molecule has 1 atom stereocenters. The third-order valence-corrected chi connectivity index (χ3v) is 4.55. The van der Waals surface area contributed by atoms with E-state index in [-0.39, 0.29) is 21.1 Å². The summed E-state index contributed by atoms with van der Waals surface area (Å²) in [5, 5.41) is 0. The van der Waals surface area contributed by atoms with E-state index in [1.54, 1.807) is 0 Å². The van der Waals surface area contributed by atoms with Crippen molar-refractivity contribution in [2.45, 2.75) is 78.1 Å². The number of hydrogen-bond donors (Lipinski definition) is 1. The van der Waals surface area contributed by atoms with Crippen molar-refractivity contribution in [1.29, 1.82) is 0 Å². The standard InChI is InChI=1S/C14H31O3P.Mo/c1-3-5-7-9-11-13-17-18(15,16)14-12-10-8-6-4-2;/h3-14H2,1-2H3,(H,15,16);. The fourth-order valence-corrected chi connectivity index (χ4v) is 3.06. The Balaban J connectivity index is 0. The molecule has 0 bridgehead atoms. The van der Waals surface area contributed by atoms with Gasteiger partial charge < -0.3 is 9.42 Å². The zero-order valence-electron chi connectivity index (χ0n) is 12.6. The van der Waals surface area contributed by atoms with Crippen LogP contribution in [0.4, 0.5) is 0 Å². The zero-order chi connectivity index (χ0) is 13.7. The van der Waals surface area contributed by atoms with Crippen LogP contribution in [0.3, 0.4) is 0 Å². The molecule has 3 nitrogen and oxygen atoms in total. The van der Waals surface area contributed by atoms with Gasteiger partial charge in [0.1, 0.15) is 0 Å². The molecule has 0 aromatic rings. The molecule has 0 aromatic heterocycles. The third kappa shape index (κ3) is 16.8. The molecule has 1 unspecified atom stereocenters. The Hall–Kier alpha value is 0.838. The van der Waals surface area contributed by atoms with Gasteiger partial charge in [-0.05, 0) is 12.8 Å². The zero-order valence-corrected chi connectivity index (χ0v) is 15.5. The van der Waals surface area contributed by atoms with Crippen LogP contribution in [0.5, 0.6) is 0 Å². The summed E-state index contributed by atoms with van der Waals surface area (Å²) >= 11 is 0. The molecule has 0 aliphatic carbocycles. The fraction of sp³-hybridized carbons (Fsp3) is 1.00. The van der Waals surface area contributed by atoms with Gasteiger partial charge in [0.15, 0.2) is 0 Å². The van der Waals surface area contributed by atoms with Crippen molar-refractivity contribution < 1.29 is 35.0 Å². The number of hydrogen-bond acceptors (Lipinski definition) is 2. The minimum absolute atomic E-state index is 0. The average molecular weight is 374 g/mol. The van der Waals surface area contributed by atoms with Gasteiger partial charge in [0.2, 0.25) is 0 Å². The van der Waals surface area contributed by atoms with Gasteiger partial charge in [-0.25, -0.2) is 0 Å². The molecule has 0 fully saturated rings. The summed E-state index contributed by atoms with van der Waals surface area (Å²) in [7, 11) is -3.30. The molecule has 0 aliphatic heterocycles. The molecule has 0 aromatic carbocycles. The average Bonchev–Trinajstić information content (AvgIpc) is 2.33. The van der Waals surface area contributed by atoms with E-state index in [2.05, 4.69) is 13.8 Å². The van der Waals surface area contributed by atoms with Crippen molar-refractivity contribution in [3.63, 3.8) is 0 Å². The summed E-state index contributed by atoms with van der Waals surface area (Å²) in [4.78, 5) is 9.61. The second-order valence-corrected chi connectivity index (χ2v) is 7.00. The predicted octanol–water partition coefficient (Wildman–Crippen LogP) is 5.13. The van der Waals surface area contributed by atoms with Crippen molar-refractivity contribution in [1.82, 2.24) is 0 Å². The molecule has 0 radical (unpaired) electrons. The summed E-state index contributed by atoms with van der Waals surface area (Å²) < 4.78 is 16.8. The van der Waals surface area contributed by atoms with Gasteiger partial charge in [-0.2, -0.15) is 0 Å². The molecule has 5 heteroatoms. The maximum absolute atomic E-state index is 11.7. The monoisotopic (exact) mass is 376 g/mol. The third-order valence-electron chi connectivity index (χ3n) is 3.09. The van der Waals surface area contributed by atoms with E-state index in [0.717, 1.165) is 32.1 Å². The second-order valence-electron chi connectivity index (χ2n) is 5.02. The van der Waals surface area contributed by atoms with Crippen LogP contribution in [-0.2, 0) is 30.2 Å². The van der Waals surface area contributed by atoms with Crippen LogP contribution in [0.2, 0.25) is 0 Å². The van der Waals surface area contributed by atoms with Crippen LogP contribution in [0.15, 0.2) is 0 Å². The Morgan fingerprint density at radius 3 is 1.84 bits per heavy atom. The van der Waals surface area contributed by atoms with E-state index >= 15 is 0 Å². The predicted molar refractivity (Wildman–Crippen MR) is 78.2 cm³/mol. The van der Waals surface area contributed by atoms with Crippen LogP contribution < -0.4 is 0 Å². The SMILES string of the molecule is CCCCCCCOP(=O)(O)CCCCCCC.[Mo]. The maximum Gasteiger partial charge on any atom is 0.328 e. The van der Waals surface area contributed by atoms with Crippen LogP contribution in [-0.4, -0.2) is 17.7 Å². The van der Waals surface area contributed by atoms with Gasteiger partial charge >= 0.3 is 7.60 Å². The summed E-state index contributed by atoms with van der Waals surface area (Å²) in [6.45, 7) is 4.78. The quantitative estimate of drug-likeness (QED) is 0.276. The first-order valence-corrected chi connectivity index (χ1v) is 9.35. The minimum atomic E-state index is -3.30. The molecule has 0 aliphatic rings. The smallest absolute Gasteiger partial charge is 0.324 e. The molecule has 0 spiro atoms. The van der Waals surface area contributed by atoms with Crippen molar-refractivity contribution in [3.8, 4) is 0 Å². The summed E-state index contributed by atoms with van der Waals surface area (Å²) in [6.07, 6.45) is 11.4. The van der Waals surface area contributed by atoms with Crippen LogP contribution in [0.25, 0.3) is 0 Å². The van der Waals surface area contributed by atoms with Gasteiger partial charge in [-0.3, -0.25) is 4.57 Å². The fourth-order valence-electron chi connectivity index (χ4n) is 1.89. The van der Waals surface area contributed by atoms with Gasteiger partial charge in [0.25, 0.3) is 0 Å². The van der Waals surface area contributed by atoms with Gasteiger partial charge in [-0.1, -0.05) is 65.2 Å². The van der Waals surface area contributed by atoms with Gasteiger partial charge in [0, 0.05) is 27.2 Å². The van der Waals surface area contributed by atoms with Crippen LogP contribution in [0, 0.1) is 0 Å². The van der Waals surface area contributed by atoms with E-state index in [4.69, 9.17) is 4.52 Å². The van der Waals surface area contributed by atoms with Gasteiger partial charge in [0.05, 0.1) is 6.61 Å². The first-order valence-electron chi connectivity index (χ1n) is 7.58. The van der Waals surface area contributed by atoms with Crippen molar-refractivity contribution >= 4 is 7.60 Å². The van der Waals surface area contributed by atoms with E-state index in [0.29, 0.717) is 12.8 Å². The van der Waals surface area contributed by atoms with E-state index in [1.807, 2.05) is 0 Å². The molecule has 1 N–H and O–H groups in total. The normalized spacial score (nSPS) is 13.8. The summed E-state index contributed by atoms with van der Waals surface area (Å²) in [5.74, 6) is 0. The molecule has 116 valence electrons. The Morgan fingerprint density at radius 2 is 1.32 bits per heavy atom. The Morgan fingerprint density at radius 1 is 0.842 bits per heavy atom. The molecule has 0 saturated carbocycles. The molecule has 19 heavy (non-hydrogen) atoms. The Labute approximate surface area is 133 Å². The van der Waals surface area contributed by atoms with Crippen molar-refractivity contribution in [3.05, 3.63) is 0 Å². The topological polar surface area (TPSA) is 46.5 Å². The van der Waals surface area contributed by atoms with Gasteiger partial charge in [-0.15, -0.1) is 0 Å². The van der Waals surface area contributed by atoms with E-state index < -0.39 is 7.60 Å². The van der Waals surface area contributed by atoms with Crippen LogP contribution >= 0.6 is 7.60 Å². The first-order chi connectivity index (χ1) is 8.62. The largest absolute Gasteiger partial charge is 0.328 e. The second kappa shape index (κ2) is 15.2. The summed E-state index contributed by atoms with van der Waals surface area (Å²) in [5.41, 5.74) is 0.